The summed E-state index contributed by atoms with van der Waals surface area (Å²) in [5.74, 6) is 2.07. The van der Waals surface area contributed by atoms with Gasteiger partial charge in [0.05, 0.1) is 11.3 Å². The van der Waals surface area contributed by atoms with E-state index in [9.17, 15) is 4.79 Å². The fourth-order valence-electron chi connectivity index (χ4n) is 1.84. The van der Waals surface area contributed by atoms with Crippen molar-refractivity contribution in [1.29, 1.82) is 0 Å². The van der Waals surface area contributed by atoms with Gasteiger partial charge in [0.2, 0.25) is 5.91 Å². The molecule has 0 aromatic carbocycles. The van der Waals surface area contributed by atoms with Crippen molar-refractivity contribution in [2.45, 2.75) is 37.5 Å². The summed E-state index contributed by atoms with van der Waals surface area (Å²) in [5.41, 5.74) is 0. The molecule has 0 spiro atoms. The minimum atomic E-state index is -0.0370. The molecular formula is C11H17N3OS. The lowest BCUT2D eigenvalue weighted by Gasteiger charge is -2.22. The molecule has 2 N–H and O–H groups in total. The van der Waals surface area contributed by atoms with Crippen molar-refractivity contribution in [2.24, 2.45) is 0 Å². The summed E-state index contributed by atoms with van der Waals surface area (Å²) in [6.45, 7) is 1.95. The number of rotatable bonds is 3. The number of amides is 1. The van der Waals surface area contributed by atoms with Crippen LogP contribution in [0.25, 0.3) is 0 Å². The van der Waals surface area contributed by atoms with E-state index in [1.54, 1.807) is 24.2 Å². The zero-order valence-electron chi connectivity index (χ0n) is 9.40. The van der Waals surface area contributed by atoms with Crippen molar-refractivity contribution in [3.8, 4) is 0 Å². The Morgan fingerprint density at radius 2 is 2.56 bits per heavy atom. The average Bonchev–Trinajstić information content (AvgIpc) is 2.83. The number of nitrogens with one attached hydrogen (secondary N) is 2. The normalized spacial score (nSPS) is 22.7. The van der Waals surface area contributed by atoms with E-state index in [1.807, 2.05) is 6.92 Å². The van der Waals surface area contributed by atoms with Gasteiger partial charge in [-0.1, -0.05) is 6.42 Å². The molecule has 2 rings (SSSR count). The van der Waals surface area contributed by atoms with Crippen molar-refractivity contribution in [3.05, 3.63) is 18.2 Å². The molecule has 0 saturated carbocycles. The molecule has 4 nitrogen and oxygen atoms in total. The molecule has 1 aliphatic heterocycles. The topological polar surface area (TPSA) is 57.8 Å². The molecule has 1 saturated heterocycles. The van der Waals surface area contributed by atoms with E-state index >= 15 is 0 Å². The monoisotopic (exact) mass is 239 g/mol. The van der Waals surface area contributed by atoms with E-state index in [-0.39, 0.29) is 17.2 Å². The second kappa shape index (κ2) is 5.39. The fraction of sp³-hybridized carbons (Fsp3) is 0.636. The highest BCUT2D eigenvalue weighted by Gasteiger charge is 2.23. The van der Waals surface area contributed by atoms with E-state index in [0.29, 0.717) is 0 Å². The first-order valence-corrected chi connectivity index (χ1v) is 6.73. The van der Waals surface area contributed by atoms with Crippen LogP contribution in [0.2, 0.25) is 0 Å². The Morgan fingerprint density at radius 3 is 3.19 bits per heavy atom. The highest BCUT2D eigenvalue weighted by Crippen LogP contribution is 2.25. The van der Waals surface area contributed by atoms with Crippen LogP contribution in [-0.4, -0.2) is 26.9 Å². The second-order valence-corrected chi connectivity index (χ2v) is 5.37. The smallest absolute Gasteiger partial charge is 0.233 e. The van der Waals surface area contributed by atoms with Gasteiger partial charge in [0.15, 0.2) is 0 Å². The van der Waals surface area contributed by atoms with Crippen LogP contribution < -0.4 is 5.32 Å². The van der Waals surface area contributed by atoms with Gasteiger partial charge in [-0.3, -0.25) is 4.79 Å². The lowest BCUT2D eigenvalue weighted by molar-refractivity contribution is -0.121. The minimum Gasteiger partial charge on any atom is -0.347 e. The molecular weight excluding hydrogens is 222 g/mol. The zero-order chi connectivity index (χ0) is 11.4. The van der Waals surface area contributed by atoms with E-state index < -0.39 is 0 Å². The fourth-order valence-corrected chi connectivity index (χ4v) is 3.04. The largest absolute Gasteiger partial charge is 0.347 e. The number of carbonyl (C=O) groups is 1. The molecule has 2 atom stereocenters. The molecule has 2 unspecified atom stereocenters. The SMILES string of the molecule is CC(NC(=O)C1CCCCS1)c1ncc[nH]1. The van der Waals surface area contributed by atoms with Gasteiger partial charge < -0.3 is 10.3 Å². The molecule has 1 amide bonds. The Morgan fingerprint density at radius 1 is 1.69 bits per heavy atom. The summed E-state index contributed by atoms with van der Waals surface area (Å²) < 4.78 is 0. The van der Waals surface area contributed by atoms with Gasteiger partial charge in [0.25, 0.3) is 0 Å². The van der Waals surface area contributed by atoms with E-state index in [2.05, 4.69) is 15.3 Å². The maximum absolute atomic E-state index is 11.9. The highest BCUT2D eigenvalue weighted by molar-refractivity contribution is 8.00. The first-order valence-electron chi connectivity index (χ1n) is 5.68. The van der Waals surface area contributed by atoms with E-state index in [0.717, 1.165) is 18.0 Å². The van der Waals surface area contributed by atoms with E-state index in [4.69, 9.17) is 0 Å². The van der Waals surface area contributed by atoms with Crippen LogP contribution >= 0.6 is 11.8 Å². The summed E-state index contributed by atoms with van der Waals surface area (Å²) in [7, 11) is 0. The van der Waals surface area contributed by atoms with Crippen molar-refractivity contribution in [3.63, 3.8) is 0 Å². The van der Waals surface area contributed by atoms with Crippen LogP contribution in [0.4, 0.5) is 0 Å². The molecule has 16 heavy (non-hydrogen) atoms. The minimum absolute atomic E-state index is 0.0370. The van der Waals surface area contributed by atoms with Gasteiger partial charge in [-0.2, -0.15) is 0 Å². The van der Waals surface area contributed by atoms with Gasteiger partial charge in [-0.25, -0.2) is 4.98 Å². The summed E-state index contributed by atoms with van der Waals surface area (Å²) in [4.78, 5) is 19.1. The molecule has 1 fully saturated rings. The van der Waals surface area contributed by atoms with Gasteiger partial charge >= 0.3 is 0 Å². The second-order valence-electron chi connectivity index (χ2n) is 4.06. The van der Waals surface area contributed by atoms with Crippen LogP contribution in [0.5, 0.6) is 0 Å². The van der Waals surface area contributed by atoms with E-state index in [1.165, 1.54) is 12.8 Å². The molecule has 2 heterocycles. The Balaban J connectivity index is 1.86. The Labute approximate surface area is 99.6 Å². The molecule has 88 valence electrons. The molecule has 1 aromatic heterocycles. The molecule has 1 aliphatic rings. The first kappa shape index (κ1) is 11.5. The Bertz CT molecular complexity index is 333. The average molecular weight is 239 g/mol. The molecule has 1 aromatic rings. The predicted octanol–water partition coefficient (Wildman–Crippen LogP) is 1.87. The van der Waals surface area contributed by atoms with Crippen molar-refractivity contribution >= 4 is 17.7 Å². The third-order valence-corrected chi connectivity index (χ3v) is 4.14. The number of H-pyrrole nitrogens is 1. The van der Waals surface area contributed by atoms with Gasteiger partial charge in [0, 0.05) is 12.4 Å². The predicted molar refractivity (Wildman–Crippen MR) is 65.2 cm³/mol. The summed E-state index contributed by atoms with van der Waals surface area (Å²) in [6.07, 6.45) is 6.88. The Kier molecular flexibility index (Phi) is 3.88. The molecule has 0 radical (unpaired) electrons. The number of nitrogens with zero attached hydrogens (tertiary/aromatic N) is 1. The van der Waals surface area contributed by atoms with Crippen molar-refractivity contribution in [2.75, 3.05) is 5.75 Å². The number of hydrogen-bond acceptors (Lipinski definition) is 3. The third-order valence-electron chi connectivity index (χ3n) is 2.76. The number of hydrogen-bond donors (Lipinski definition) is 2. The van der Waals surface area contributed by atoms with Gasteiger partial charge in [-0.05, 0) is 25.5 Å². The number of aromatic nitrogens is 2. The molecule has 5 heteroatoms. The Hall–Kier alpha value is -0.970. The van der Waals surface area contributed by atoms with Crippen LogP contribution in [0.15, 0.2) is 12.4 Å². The quantitative estimate of drug-likeness (QED) is 0.846. The summed E-state index contributed by atoms with van der Waals surface area (Å²) in [6, 6.07) is -0.0370. The molecule has 0 aliphatic carbocycles. The van der Waals surface area contributed by atoms with Crippen LogP contribution in [-0.2, 0) is 4.79 Å². The van der Waals surface area contributed by atoms with Gasteiger partial charge in [0.1, 0.15) is 5.82 Å². The molecule has 0 bridgehead atoms. The number of aromatic amines is 1. The van der Waals surface area contributed by atoms with Crippen LogP contribution in [0, 0.1) is 0 Å². The summed E-state index contributed by atoms with van der Waals surface area (Å²) >= 11 is 1.77. The maximum Gasteiger partial charge on any atom is 0.233 e. The van der Waals surface area contributed by atoms with Crippen LogP contribution in [0.3, 0.4) is 0 Å². The number of carbonyl (C=O) groups excluding carboxylic acids is 1. The number of imidazole rings is 1. The first-order chi connectivity index (χ1) is 7.77. The zero-order valence-corrected chi connectivity index (χ0v) is 10.2. The maximum atomic E-state index is 11.9. The van der Waals surface area contributed by atoms with Crippen molar-refractivity contribution in [1.82, 2.24) is 15.3 Å². The summed E-state index contributed by atoms with van der Waals surface area (Å²) in [5, 5.41) is 3.13. The van der Waals surface area contributed by atoms with Crippen molar-refractivity contribution < 1.29 is 4.79 Å². The van der Waals surface area contributed by atoms with Gasteiger partial charge in [-0.15, -0.1) is 11.8 Å². The number of thioether (sulfide) groups is 1. The van der Waals surface area contributed by atoms with Crippen LogP contribution in [0.1, 0.15) is 38.1 Å². The third kappa shape index (κ3) is 2.78. The standard InChI is InChI=1S/C11H17N3OS/c1-8(10-12-5-6-13-10)14-11(15)9-4-2-3-7-16-9/h5-6,8-9H,2-4,7H2,1H3,(H,12,13)(H,14,15). The lowest BCUT2D eigenvalue weighted by Crippen LogP contribution is -2.36. The highest BCUT2D eigenvalue weighted by atomic mass is 32.2. The lowest BCUT2D eigenvalue weighted by atomic mass is 10.1.